The summed E-state index contributed by atoms with van der Waals surface area (Å²) in [4.78, 5) is 2.47. The summed E-state index contributed by atoms with van der Waals surface area (Å²) in [6.45, 7) is 17.7. The lowest BCUT2D eigenvalue weighted by Crippen LogP contribution is -2.62. The van der Waals surface area contributed by atoms with Crippen molar-refractivity contribution in [1.29, 1.82) is 0 Å². The predicted octanol–water partition coefficient (Wildman–Crippen LogP) is 2.38. The maximum atomic E-state index is 3.59. The molecule has 0 amide bonds. The molecule has 0 aliphatic rings. The zero-order valence-corrected chi connectivity index (χ0v) is 12.3. The highest BCUT2D eigenvalue weighted by atomic mass is 15.4. The van der Waals surface area contributed by atoms with E-state index < -0.39 is 0 Å². The van der Waals surface area contributed by atoms with Crippen LogP contribution in [-0.4, -0.2) is 35.4 Å². The monoisotopic (exact) mass is 229 g/mol. The number of rotatable bonds is 7. The van der Waals surface area contributed by atoms with E-state index in [9.17, 15) is 0 Å². The molecule has 0 aliphatic heterocycles. The molecule has 16 heavy (non-hydrogen) atoms. The van der Waals surface area contributed by atoms with Crippen molar-refractivity contribution in [2.45, 2.75) is 85.8 Å². The maximum absolute atomic E-state index is 3.59. The lowest BCUT2D eigenvalue weighted by Gasteiger charge is -2.40. The third-order valence-electron chi connectivity index (χ3n) is 2.47. The molecule has 3 nitrogen and oxygen atoms in total. The Kier molecular flexibility index (Phi) is 7.20. The van der Waals surface area contributed by atoms with Gasteiger partial charge in [-0.25, -0.2) is 0 Å². The van der Waals surface area contributed by atoms with Crippen LogP contribution in [0.25, 0.3) is 0 Å². The number of nitrogens with zero attached hydrogens (tertiary/aromatic N) is 1. The third kappa shape index (κ3) is 5.83. The molecule has 0 aromatic carbocycles. The lowest BCUT2D eigenvalue weighted by molar-refractivity contribution is 0.0562. The number of hydrogen-bond donors (Lipinski definition) is 2. The minimum atomic E-state index is 0.250. The minimum Gasteiger partial charge on any atom is -0.287 e. The molecule has 0 aromatic rings. The average molecular weight is 229 g/mol. The van der Waals surface area contributed by atoms with Gasteiger partial charge >= 0.3 is 0 Å². The summed E-state index contributed by atoms with van der Waals surface area (Å²) in [5.41, 5.74) is 0. The quantitative estimate of drug-likeness (QED) is 0.656. The van der Waals surface area contributed by atoms with Crippen LogP contribution < -0.4 is 10.6 Å². The van der Waals surface area contributed by atoms with Gasteiger partial charge in [0.05, 0.1) is 0 Å². The third-order valence-corrected chi connectivity index (χ3v) is 2.47. The Hall–Kier alpha value is -0.120. The molecule has 0 aromatic heterocycles. The van der Waals surface area contributed by atoms with E-state index in [1.54, 1.807) is 0 Å². The molecule has 0 unspecified atom stereocenters. The van der Waals surface area contributed by atoms with E-state index in [0.717, 1.165) is 0 Å². The molecule has 0 fully saturated rings. The summed E-state index contributed by atoms with van der Waals surface area (Å²) in [6, 6.07) is 2.03. The summed E-state index contributed by atoms with van der Waals surface area (Å²) in [5.74, 6) is 0. The van der Waals surface area contributed by atoms with E-state index in [1.165, 1.54) is 0 Å². The molecule has 0 atom stereocenters. The van der Waals surface area contributed by atoms with E-state index in [0.29, 0.717) is 24.2 Å². The van der Waals surface area contributed by atoms with Crippen LogP contribution in [0.3, 0.4) is 0 Å². The molecule has 0 saturated heterocycles. The first kappa shape index (κ1) is 15.9. The van der Waals surface area contributed by atoms with Crippen LogP contribution in [0, 0.1) is 0 Å². The Labute approximate surface area is 102 Å². The molecule has 0 heterocycles. The van der Waals surface area contributed by atoms with Crippen LogP contribution in [-0.2, 0) is 0 Å². The van der Waals surface area contributed by atoms with Crippen molar-refractivity contribution in [3.63, 3.8) is 0 Å². The first-order chi connectivity index (χ1) is 7.25. The van der Waals surface area contributed by atoms with Gasteiger partial charge in [0.25, 0.3) is 0 Å². The van der Waals surface area contributed by atoms with Crippen molar-refractivity contribution in [2.24, 2.45) is 0 Å². The number of hydrogen-bond acceptors (Lipinski definition) is 3. The lowest BCUT2D eigenvalue weighted by atomic mass is 10.2. The fourth-order valence-corrected chi connectivity index (χ4v) is 2.04. The standard InChI is InChI=1S/C13H31N3/c1-9(2)14-13(15-10(3)4)16(11(5)6)12(7)8/h9-15H,1-8H3. The maximum Gasteiger partial charge on any atom is 0.115 e. The molecule has 3 heteroatoms. The first-order valence-electron chi connectivity index (χ1n) is 6.55. The van der Waals surface area contributed by atoms with Gasteiger partial charge in [-0.1, -0.05) is 0 Å². The normalized spacial score (nSPS) is 13.1. The van der Waals surface area contributed by atoms with Crippen molar-refractivity contribution >= 4 is 0 Å². The average Bonchev–Trinajstić information content (AvgIpc) is 1.98. The molecule has 0 rings (SSSR count). The van der Waals surface area contributed by atoms with Gasteiger partial charge in [-0.2, -0.15) is 0 Å². The van der Waals surface area contributed by atoms with Gasteiger partial charge in [0.1, 0.15) is 6.29 Å². The number of nitrogens with one attached hydrogen (secondary N) is 2. The fraction of sp³-hybridized carbons (Fsp3) is 1.00. The molecule has 0 saturated carbocycles. The molecule has 2 N–H and O–H groups in total. The summed E-state index contributed by atoms with van der Waals surface area (Å²) in [6.07, 6.45) is 0.250. The molecule has 0 radical (unpaired) electrons. The molecule has 0 spiro atoms. The summed E-state index contributed by atoms with van der Waals surface area (Å²) in [7, 11) is 0. The van der Waals surface area contributed by atoms with Crippen molar-refractivity contribution in [3.05, 3.63) is 0 Å². The second-order valence-corrected chi connectivity index (χ2v) is 5.68. The van der Waals surface area contributed by atoms with Gasteiger partial charge in [0, 0.05) is 24.2 Å². The second-order valence-electron chi connectivity index (χ2n) is 5.68. The van der Waals surface area contributed by atoms with Gasteiger partial charge < -0.3 is 0 Å². The Morgan fingerprint density at radius 2 is 0.938 bits per heavy atom. The topological polar surface area (TPSA) is 27.3 Å². The van der Waals surface area contributed by atoms with Crippen LogP contribution >= 0.6 is 0 Å². The molecular formula is C13H31N3. The summed E-state index contributed by atoms with van der Waals surface area (Å²) in [5, 5.41) is 7.18. The second kappa shape index (κ2) is 7.25. The van der Waals surface area contributed by atoms with Crippen molar-refractivity contribution in [1.82, 2.24) is 15.5 Å². The Morgan fingerprint density at radius 3 is 1.12 bits per heavy atom. The zero-order valence-electron chi connectivity index (χ0n) is 12.3. The van der Waals surface area contributed by atoms with E-state index in [2.05, 4.69) is 70.9 Å². The van der Waals surface area contributed by atoms with Gasteiger partial charge in [-0.3, -0.25) is 15.5 Å². The predicted molar refractivity (Wildman–Crippen MR) is 72.4 cm³/mol. The van der Waals surface area contributed by atoms with Crippen LogP contribution in [0.4, 0.5) is 0 Å². The van der Waals surface area contributed by atoms with Crippen molar-refractivity contribution in [2.75, 3.05) is 0 Å². The SMILES string of the molecule is CC(C)NC(NC(C)C)N(C(C)C)C(C)C. The van der Waals surface area contributed by atoms with Crippen molar-refractivity contribution < 1.29 is 0 Å². The molecule has 0 aliphatic carbocycles. The van der Waals surface area contributed by atoms with E-state index >= 15 is 0 Å². The van der Waals surface area contributed by atoms with Gasteiger partial charge in [-0.05, 0) is 55.4 Å². The highest BCUT2D eigenvalue weighted by Gasteiger charge is 2.24. The van der Waals surface area contributed by atoms with Crippen LogP contribution in [0.1, 0.15) is 55.4 Å². The fourth-order valence-electron chi connectivity index (χ4n) is 2.04. The van der Waals surface area contributed by atoms with Crippen LogP contribution in [0.15, 0.2) is 0 Å². The Morgan fingerprint density at radius 1 is 0.625 bits per heavy atom. The zero-order chi connectivity index (χ0) is 12.9. The van der Waals surface area contributed by atoms with E-state index in [1.807, 2.05) is 0 Å². The largest absolute Gasteiger partial charge is 0.287 e. The molecule has 0 bridgehead atoms. The van der Waals surface area contributed by atoms with Crippen LogP contribution in [0.2, 0.25) is 0 Å². The molecule has 98 valence electrons. The smallest absolute Gasteiger partial charge is 0.115 e. The van der Waals surface area contributed by atoms with E-state index in [4.69, 9.17) is 0 Å². The van der Waals surface area contributed by atoms with Gasteiger partial charge in [0.2, 0.25) is 0 Å². The van der Waals surface area contributed by atoms with Crippen LogP contribution in [0.5, 0.6) is 0 Å². The summed E-state index contributed by atoms with van der Waals surface area (Å²) >= 11 is 0. The highest BCUT2D eigenvalue weighted by molar-refractivity contribution is 4.77. The molecular weight excluding hydrogens is 198 g/mol. The Bertz CT molecular complexity index is 158. The first-order valence-corrected chi connectivity index (χ1v) is 6.55. The van der Waals surface area contributed by atoms with E-state index in [-0.39, 0.29) is 6.29 Å². The van der Waals surface area contributed by atoms with Gasteiger partial charge in [0.15, 0.2) is 0 Å². The summed E-state index contributed by atoms with van der Waals surface area (Å²) < 4.78 is 0. The van der Waals surface area contributed by atoms with Gasteiger partial charge in [-0.15, -0.1) is 0 Å². The van der Waals surface area contributed by atoms with Crippen molar-refractivity contribution in [3.8, 4) is 0 Å². The minimum absolute atomic E-state index is 0.250. The Balaban J connectivity index is 4.67. The highest BCUT2D eigenvalue weighted by Crippen LogP contribution is 2.08.